The molecule has 0 saturated carbocycles. The van der Waals surface area contributed by atoms with Crippen LogP contribution in [-0.4, -0.2) is 50.1 Å². The lowest BCUT2D eigenvalue weighted by atomic mass is 10.1. The number of thiophene rings is 1. The van der Waals surface area contributed by atoms with Gasteiger partial charge in [0.1, 0.15) is 11.4 Å². The van der Waals surface area contributed by atoms with E-state index in [4.69, 9.17) is 4.42 Å². The van der Waals surface area contributed by atoms with Gasteiger partial charge in [0.2, 0.25) is 0 Å². The Kier molecular flexibility index (Phi) is 6.34. The molecule has 176 valence electrons. The number of piperazine rings is 1. The molecule has 8 heteroatoms. The van der Waals surface area contributed by atoms with Crippen LogP contribution < -0.4 is 15.8 Å². The molecule has 4 aromatic rings. The molecule has 2 aromatic carbocycles. The van der Waals surface area contributed by atoms with E-state index in [9.17, 15) is 14.0 Å². The molecule has 0 bridgehead atoms. The monoisotopic (exact) mass is 479 g/mol. The van der Waals surface area contributed by atoms with Crippen molar-refractivity contribution in [3.8, 4) is 0 Å². The predicted molar refractivity (Wildman–Crippen MR) is 135 cm³/mol. The summed E-state index contributed by atoms with van der Waals surface area (Å²) in [5.74, 6) is -0.355. The Morgan fingerprint density at radius 2 is 1.88 bits per heavy atom. The van der Waals surface area contributed by atoms with E-state index in [2.05, 4.69) is 15.1 Å². The molecule has 1 aliphatic heterocycles. The van der Waals surface area contributed by atoms with Crippen molar-refractivity contribution in [2.45, 2.75) is 13.3 Å². The summed E-state index contributed by atoms with van der Waals surface area (Å²) in [6.07, 6.45) is 0.820. The summed E-state index contributed by atoms with van der Waals surface area (Å²) in [7, 11) is 0. The number of hydrogen-bond donors (Lipinski definition) is 1. The van der Waals surface area contributed by atoms with Crippen molar-refractivity contribution in [3.05, 3.63) is 75.2 Å². The van der Waals surface area contributed by atoms with Crippen LogP contribution in [0.2, 0.25) is 0 Å². The van der Waals surface area contributed by atoms with Gasteiger partial charge in [0.05, 0.1) is 20.7 Å². The highest BCUT2D eigenvalue weighted by atomic mass is 32.1. The van der Waals surface area contributed by atoms with Crippen molar-refractivity contribution < 1.29 is 13.6 Å². The number of carbonyl (C=O) groups is 1. The van der Waals surface area contributed by atoms with Gasteiger partial charge in [-0.15, -0.1) is 11.3 Å². The minimum atomic E-state index is -0.420. The molecule has 1 amide bonds. The largest absolute Gasteiger partial charge is 0.422 e. The van der Waals surface area contributed by atoms with Gasteiger partial charge in [-0.1, -0.05) is 23.8 Å². The highest BCUT2D eigenvalue weighted by Crippen LogP contribution is 2.31. The Morgan fingerprint density at radius 1 is 1.09 bits per heavy atom. The highest BCUT2D eigenvalue weighted by Gasteiger charge is 2.19. The fraction of sp³-hybridized carbons (Fsp3) is 0.308. The molecular weight excluding hydrogens is 453 g/mol. The van der Waals surface area contributed by atoms with Crippen LogP contribution in [0.5, 0.6) is 0 Å². The van der Waals surface area contributed by atoms with Crippen molar-refractivity contribution >= 4 is 44.0 Å². The fourth-order valence-corrected chi connectivity index (χ4v) is 5.52. The molecular formula is C26H26FN3O3S. The van der Waals surface area contributed by atoms with Gasteiger partial charge in [-0.25, -0.2) is 9.18 Å². The summed E-state index contributed by atoms with van der Waals surface area (Å²) in [5.41, 5.74) is 1.84. The van der Waals surface area contributed by atoms with Gasteiger partial charge in [-0.3, -0.25) is 9.69 Å². The number of rotatable bonds is 6. The van der Waals surface area contributed by atoms with Gasteiger partial charge in [0.25, 0.3) is 5.91 Å². The number of amides is 1. The Balaban J connectivity index is 1.15. The van der Waals surface area contributed by atoms with Gasteiger partial charge in [-0.2, -0.15) is 0 Å². The van der Waals surface area contributed by atoms with Crippen molar-refractivity contribution in [2.75, 3.05) is 44.2 Å². The molecule has 1 saturated heterocycles. The summed E-state index contributed by atoms with van der Waals surface area (Å²) in [6, 6.07) is 14.2. The molecule has 5 rings (SSSR count). The molecule has 0 aliphatic carbocycles. The zero-order valence-corrected chi connectivity index (χ0v) is 19.8. The van der Waals surface area contributed by atoms with Gasteiger partial charge in [0.15, 0.2) is 0 Å². The summed E-state index contributed by atoms with van der Waals surface area (Å²) < 4.78 is 20.2. The van der Waals surface area contributed by atoms with E-state index in [1.165, 1.54) is 17.4 Å². The lowest BCUT2D eigenvalue weighted by Gasteiger charge is -2.36. The van der Waals surface area contributed by atoms with Crippen molar-refractivity contribution in [1.82, 2.24) is 10.2 Å². The van der Waals surface area contributed by atoms with Crippen LogP contribution in [0.25, 0.3) is 21.1 Å². The maximum Gasteiger partial charge on any atom is 0.345 e. The second-order valence-corrected chi connectivity index (χ2v) is 9.68. The Hall–Kier alpha value is -3.23. The quantitative estimate of drug-likeness (QED) is 0.328. The van der Waals surface area contributed by atoms with Gasteiger partial charge < -0.3 is 14.6 Å². The van der Waals surface area contributed by atoms with Crippen LogP contribution in [0.3, 0.4) is 0 Å². The van der Waals surface area contributed by atoms with Gasteiger partial charge >= 0.3 is 5.63 Å². The lowest BCUT2D eigenvalue weighted by Crippen LogP contribution is -2.47. The van der Waals surface area contributed by atoms with Crippen molar-refractivity contribution in [3.63, 3.8) is 0 Å². The number of benzene rings is 2. The Bertz CT molecular complexity index is 1410. The average molecular weight is 480 g/mol. The number of aryl methyl sites for hydroxylation is 1. The third-order valence-corrected chi connectivity index (χ3v) is 7.43. The Labute approximate surface area is 200 Å². The minimum absolute atomic E-state index is 0.175. The summed E-state index contributed by atoms with van der Waals surface area (Å²) in [4.78, 5) is 30.0. The van der Waals surface area contributed by atoms with Crippen molar-refractivity contribution in [2.24, 2.45) is 0 Å². The number of fused-ring (bicyclic) bond motifs is 3. The number of hydrogen-bond acceptors (Lipinski definition) is 6. The van der Waals surface area contributed by atoms with Crippen LogP contribution in [0.15, 0.2) is 57.7 Å². The lowest BCUT2D eigenvalue weighted by molar-refractivity contribution is 0.0955. The first kappa shape index (κ1) is 22.6. The van der Waals surface area contributed by atoms with E-state index in [-0.39, 0.29) is 11.7 Å². The standard InChI is InChI=1S/C26H26FN3O3S/c1-17-7-8-22-18(15-17)24-19(26(32)33-22)16-23(34-24)25(31)28-9-4-10-29-11-13-30(14-12-29)21-6-3-2-5-20(21)27/h2-3,5-8,15-16H,4,9-14H2,1H3,(H,28,31). The van der Waals surface area contributed by atoms with Gasteiger partial charge in [-0.05, 0) is 50.2 Å². The second-order valence-electron chi connectivity index (χ2n) is 8.63. The molecule has 3 heterocycles. The molecule has 0 unspecified atom stereocenters. The maximum absolute atomic E-state index is 14.0. The minimum Gasteiger partial charge on any atom is -0.422 e. The number of carbonyl (C=O) groups excluding carboxylic acids is 1. The molecule has 0 atom stereocenters. The molecule has 6 nitrogen and oxygen atoms in total. The van der Waals surface area contributed by atoms with E-state index in [1.54, 1.807) is 18.2 Å². The van der Waals surface area contributed by atoms with Crippen LogP contribution in [0.1, 0.15) is 21.7 Å². The smallest absolute Gasteiger partial charge is 0.345 e. The first-order valence-electron chi connectivity index (χ1n) is 11.5. The number of nitrogens with zero attached hydrogens (tertiary/aromatic N) is 2. The molecule has 1 aliphatic rings. The molecule has 1 N–H and O–H groups in total. The topological polar surface area (TPSA) is 65.8 Å². The zero-order chi connectivity index (χ0) is 23.7. The van der Waals surface area contributed by atoms with E-state index in [0.717, 1.165) is 54.8 Å². The van der Waals surface area contributed by atoms with E-state index in [1.807, 2.05) is 31.2 Å². The second kappa shape index (κ2) is 9.56. The normalized spacial score (nSPS) is 14.7. The third kappa shape index (κ3) is 4.56. The van der Waals surface area contributed by atoms with Gasteiger partial charge in [0, 0.05) is 38.1 Å². The first-order valence-corrected chi connectivity index (χ1v) is 12.3. The highest BCUT2D eigenvalue weighted by molar-refractivity contribution is 7.21. The SMILES string of the molecule is Cc1ccc2oc(=O)c3cc(C(=O)NCCCN4CCN(c5ccccc5F)CC4)sc3c2c1. The van der Waals surface area contributed by atoms with Crippen LogP contribution in [0, 0.1) is 12.7 Å². The van der Waals surface area contributed by atoms with E-state index >= 15 is 0 Å². The molecule has 0 spiro atoms. The zero-order valence-electron chi connectivity index (χ0n) is 19.0. The number of anilines is 1. The number of nitrogens with one attached hydrogen (secondary N) is 1. The van der Waals surface area contributed by atoms with Crippen LogP contribution >= 0.6 is 11.3 Å². The third-order valence-electron chi connectivity index (χ3n) is 6.26. The van der Waals surface area contributed by atoms with E-state index in [0.29, 0.717) is 28.1 Å². The maximum atomic E-state index is 14.0. The van der Waals surface area contributed by atoms with Crippen LogP contribution in [0.4, 0.5) is 10.1 Å². The molecule has 2 aromatic heterocycles. The predicted octanol–water partition coefficient (Wildman–Crippen LogP) is 4.40. The average Bonchev–Trinajstić information content (AvgIpc) is 3.30. The molecule has 0 radical (unpaired) electrons. The summed E-state index contributed by atoms with van der Waals surface area (Å²) in [6.45, 7) is 6.69. The Morgan fingerprint density at radius 3 is 2.68 bits per heavy atom. The number of halogens is 1. The number of para-hydroxylation sites is 1. The summed E-state index contributed by atoms with van der Waals surface area (Å²) in [5, 5.41) is 4.27. The first-order chi connectivity index (χ1) is 16.5. The molecule has 1 fully saturated rings. The van der Waals surface area contributed by atoms with E-state index < -0.39 is 5.63 Å². The van der Waals surface area contributed by atoms with Crippen molar-refractivity contribution in [1.29, 1.82) is 0 Å². The molecule has 34 heavy (non-hydrogen) atoms. The fourth-order valence-electron chi connectivity index (χ4n) is 4.43. The summed E-state index contributed by atoms with van der Waals surface area (Å²) >= 11 is 1.32. The van der Waals surface area contributed by atoms with Crippen LogP contribution in [-0.2, 0) is 0 Å².